The normalized spacial score (nSPS) is 11.9. The van der Waals surface area contributed by atoms with E-state index in [0.717, 1.165) is 16.5 Å². The molecule has 5 rings (SSSR count). The van der Waals surface area contributed by atoms with Crippen molar-refractivity contribution >= 4 is 45.5 Å². The highest BCUT2D eigenvalue weighted by atomic mass is 32.1. The minimum Gasteiger partial charge on any atom is -0.361 e. The molecule has 0 radical (unpaired) electrons. The number of nitro benzene ring substituents is 2. The summed E-state index contributed by atoms with van der Waals surface area (Å²) in [4.78, 5) is 29.9. The monoisotopic (exact) mass is 484 g/mol. The van der Waals surface area contributed by atoms with Crippen molar-refractivity contribution in [3.8, 4) is 11.3 Å². The Kier molecular flexibility index (Phi) is 5.73. The van der Waals surface area contributed by atoms with Crippen LogP contribution in [-0.4, -0.2) is 25.7 Å². The fourth-order valence-corrected chi connectivity index (χ4v) is 4.45. The molecule has 5 aromatic rings. The molecule has 0 fully saturated rings. The van der Waals surface area contributed by atoms with E-state index < -0.39 is 9.85 Å². The average Bonchev–Trinajstić information content (AvgIpc) is 3.47. The van der Waals surface area contributed by atoms with E-state index in [1.165, 1.54) is 34.2 Å². The van der Waals surface area contributed by atoms with Gasteiger partial charge in [0.25, 0.3) is 11.4 Å². The molecule has 172 valence electrons. The minimum atomic E-state index is -0.493. The quantitative estimate of drug-likeness (QED) is 0.190. The zero-order valence-corrected chi connectivity index (χ0v) is 18.8. The van der Waals surface area contributed by atoms with Crippen LogP contribution in [-0.2, 0) is 0 Å². The van der Waals surface area contributed by atoms with Crippen molar-refractivity contribution in [2.75, 3.05) is 0 Å². The van der Waals surface area contributed by atoms with Crippen LogP contribution in [0.25, 0.3) is 22.2 Å². The first-order valence-corrected chi connectivity index (χ1v) is 11.2. The number of hydrogen-bond acceptors (Lipinski definition) is 7. The molecule has 1 N–H and O–H groups in total. The summed E-state index contributed by atoms with van der Waals surface area (Å²) in [6.07, 6.45) is 3.48. The summed E-state index contributed by atoms with van der Waals surface area (Å²) < 4.78 is 1.53. The van der Waals surface area contributed by atoms with E-state index in [9.17, 15) is 20.2 Å². The molecule has 2 aromatic heterocycles. The van der Waals surface area contributed by atoms with Gasteiger partial charge in [0.15, 0.2) is 0 Å². The second kappa shape index (κ2) is 9.15. The summed E-state index contributed by atoms with van der Waals surface area (Å²) in [5.74, 6) is 0. The van der Waals surface area contributed by atoms with Crippen LogP contribution in [0.5, 0.6) is 0 Å². The molecule has 0 amide bonds. The highest BCUT2D eigenvalue weighted by Crippen LogP contribution is 2.28. The van der Waals surface area contributed by atoms with Crippen LogP contribution in [0, 0.1) is 20.2 Å². The van der Waals surface area contributed by atoms with Gasteiger partial charge in [0.1, 0.15) is 5.69 Å². The van der Waals surface area contributed by atoms with Crippen LogP contribution >= 0.6 is 11.3 Å². The second-order valence-electron chi connectivity index (χ2n) is 7.41. The van der Waals surface area contributed by atoms with Crippen molar-refractivity contribution in [1.82, 2.24) is 9.66 Å². The van der Waals surface area contributed by atoms with Gasteiger partial charge in [0, 0.05) is 51.8 Å². The van der Waals surface area contributed by atoms with Crippen LogP contribution in [0.4, 0.5) is 17.1 Å². The zero-order chi connectivity index (χ0) is 24.4. The highest BCUT2D eigenvalue weighted by molar-refractivity contribution is 7.07. The van der Waals surface area contributed by atoms with Crippen LogP contribution in [0.3, 0.4) is 0 Å². The van der Waals surface area contributed by atoms with Gasteiger partial charge in [-0.3, -0.25) is 20.2 Å². The van der Waals surface area contributed by atoms with Gasteiger partial charge in [-0.2, -0.15) is 5.10 Å². The maximum atomic E-state index is 11.5. The van der Waals surface area contributed by atoms with E-state index in [4.69, 9.17) is 0 Å². The van der Waals surface area contributed by atoms with Gasteiger partial charge in [-0.05, 0) is 12.1 Å². The van der Waals surface area contributed by atoms with Crippen LogP contribution in [0.15, 0.2) is 94.5 Å². The lowest BCUT2D eigenvalue weighted by Gasteiger charge is -2.04. The van der Waals surface area contributed by atoms with Gasteiger partial charge in [-0.15, -0.1) is 11.3 Å². The van der Waals surface area contributed by atoms with E-state index in [1.54, 1.807) is 41.9 Å². The lowest BCUT2D eigenvalue weighted by molar-refractivity contribution is -0.384. The number of nitrogens with zero attached hydrogens (tertiary/aromatic N) is 5. The molecule has 0 aliphatic heterocycles. The molecular formula is C24H16N6O4S. The fourth-order valence-electron chi connectivity index (χ4n) is 3.60. The SMILES string of the molecule is O=[N+]([O-])c1cccc(-c2csc(=Nc3ccccc3[N+](=O)[O-])n2N=Cc2c[nH]c3ccccc23)c1. The largest absolute Gasteiger partial charge is 0.361 e. The van der Waals surface area contributed by atoms with Crippen molar-refractivity contribution < 1.29 is 9.85 Å². The van der Waals surface area contributed by atoms with Crippen LogP contribution < -0.4 is 4.80 Å². The Bertz CT molecular complexity index is 1680. The van der Waals surface area contributed by atoms with Crippen molar-refractivity contribution in [3.63, 3.8) is 0 Å². The number of non-ortho nitro benzene ring substituents is 1. The molecule has 10 nitrogen and oxygen atoms in total. The number of rotatable bonds is 6. The number of para-hydroxylation sites is 3. The first-order valence-electron chi connectivity index (χ1n) is 10.4. The van der Waals surface area contributed by atoms with Crippen LogP contribution in [0.1, 0.15) is 5.56 Å². The van der Waals surface area contributed by atoms with E-state index in [1.807, 2.05) is 30.5 Å². The van der Waals surface area contributed by atoms with Gasteiger partial charge in [-0.25, -0.2) is 9.67 Å². The highest BCUT2D eigenvalue weighted by Gasteiger charge is 2.15. The molecule has 0 atom stereocenters. The number of benzene rings is 3. The predicted octanol–water partition coefficient (Wildman–Crippen LogP) is 5.63. The first kappa shape index (κ1) is 21.9. The van der Waals surface area contributed by atoms with Crippen LogP contribution in [0.2, 0.25) is 0 Å². The maximum absolute atomic E-state index is 11.5. The molecule has 11 heteroatoms. The summed E-state index contributed by atoms with van der Waals surface area (Å²) in [5, 5.41) is 30.1. The molecular weight excluding hydrogens is 468 g/mol. The van der Waals surface area contributed by atoms with E-state index >= 15 is 0 Å². The topological polar surface area (TPSA) is 132 Å². The summed E-state index contributed by atoms with van der Waals surface area (Å²) in [5.41, 5.74) is 2.90. The number of nitrogens with one attached hydrogen (secondary N) is 1. The Morgan fingerprint density at radius 3 is 2.57 bits per heavy atom. The van der Waals surface area contributed by atoms with E-state index in [2.05, 4.69) is 15.1 Å². The number of thiazole rings is 1. The Balaban J connectivity index is 1.70. The number of hydrogen-bond donors (Lipinski definition) is 1. The minimum absolute atomic E-state index is 0.0574. The average molecular weight is 484 g/mol. The molecule has 0 bridgehead atoms. The standard InChI is InChI=1S/C24H16N6O4S/c31-29(32)18-7-5-6-16(12-18)23-15-35-24(27-21-10-3-4-11-22(21)30(33)34)28(23)26-14-17-13-25-20-9-2-1-8-19(17)20/h1-15,25H. The number of H-pyrrole nitrogens is 1. The van der Waals surface area contributed by atoms with Gasteiger partial charge in [0.05, 0.1) is 21.8 Å². The summed E-state index contributed by atoms with van der Waals surface area (Å²) in [6, 6.07) is 20.1. The predicted molar refractivity (Wildman–Crippen MR) is 134 cm³/mol. The number of fused-ring (bicyclic) bond motifs is 1. The maximum Gasteiger partial charge on any atom is 0.294 e. The summed E-state index contributed by atoms with van der Waals surface area (Å²) in [6.45, 7) is 0. The number of nitro groups is 2. The van der Waals surface area contributed by atoms with Gasteiger partial charge in [0.2, 0.25) is 4.80 Å². The third kappa shape index (κ3) is 4.35. The molecule has 35 heavy (non-hydrogen) atoms. The Morgan fingerprint density at radius 1 is 0.943 bits per heavy atom. The summed E-state index contributed by atoms with van der Waals surface area (Å²) in [7, 11) is 0. The Hall–Kier alpha value is -4.90. The molecule has 2 heterocycles. The Morgan fingerprint density at radius 2 is 1.74 bits per heavy atom. The second-order valence-corrected chi connectivity index (χ2v) is 8.25. The van der Waals surface area contributed by atoms with Gasteiger partial charge < -0.3 is 4.98 Å². The molecule has 3 aromatic carbocycles. The molecule has 0 aliphatic carbocycles. The third-order valence-corrected chi connectivity index (χ3v) is 6.08. The van der Waals surface area contributed by atoms with E-state index in [0.29, 0.717) is 16.1 Å². The van der Waals surface area contributed by atoms with Crippen molar-refractivity contribution in [1.29, 1.82) is 0 Å². The third-order valence-electron chi connectivity index (χ3n) is 5.27. The Labute approximate surface area is 201 Å². The molecule has 0 saturated carbocycles. The lowest BCUT2D eigenvalue weighted by atomic mass is 10.1. The van der Waals surface area contributed by atoms with E-state index in [-0.39, 0.29) is 17.1 Å². The molecule has 0 spiro atoms. The van der Waals surface area contributed by atoms with Gasteiger partial charge >= 0.3 is 0 Å². The molecule has 0 unspecified atom stereocenters. The number of aromatic amines is 1. The lowest BCUT2D eigenvalue weighted by Crippen LogP contribution is -2.11. The van der Waals surface area contributed by atoms with Crippen molar-refractivity contribution in [3.05, 3.63) is 115 Å². The zero-order valence-electron chi connectivity index (χ0n) is 17.9. The molecule has 0 saturated heterocycles. The first-order chi connectivity index (χ1) is 17.0. The fraction of sp³-hybridized carbons (Fsp3) is 0. The van der Waals surface area contributed by atoms with Crippen molar-refractivity contribution in [2.45, 2.75) is 0 Å². The number of aromatic nitrogens is 2. The smallest absolute Gasteiger partial charge is 0.294 e. The summed E-state index contributed by atoms with van der Waals surface area (Å²) >= 11 is 1.22. The van der Waals surface area contributed by atoms with Gasteiger partial charge in [-0.1, -0.05) is 42.5 Å². The molecule has 0 aliphatic rings. The van der Waals surface area contributed by atoms with Crippen molar-refractivity contribution in [2.24, 2.45) is 10.1 Å².